The van der Waals surface area contributed by atoms with Crippen LogP contribution in [-0.2, 0) is 55.8 Å². The molecule has 0 bridgehead atoms. The maximum Gasteiger partial charge on any atom is 0.472 e. The molecular formula is C85H150O16P2. The molecular weight excluding hydrogens is 1340 g/mol. The Morgan fingerprint density at radius 2 is 0.515 bits per heavy atom. The SMILES string of the molecule is CC/C=C\C/C=C\C/C=C\C/C=C\C/C=C\CCCCCCCC(=O)OCC(COP(=O)(O)OCC(O)COP(=O)(O)OCC(O)COC(=O)CCCCCCCCCCCCCCCCCCCCC/C=C\C/C=C\C/C=C\C/C=C\CCCCC)OC(=O)CCCCCCCCCCCCC. The molecule has 596 valence electrons. The van der Waals surface area contributed by atoms with E-state index in [-0.39, 0.29) is 19.3 Å². The molecule has 0 amide bonds. The van der Waals surface area contributed by atoms with E-state index in [0.717, 1.165) is 128 Å². The van der Waals surface area contributed by atoms with Gasteiger partial charge in [-0.3, -0.25) is 32.5 Å². The lowest BCUT2D eigenvalue weighted by Crippen LogP contribution is -2.30. The topological polar surface area (TPSA) is 231 Å². The molecule has 0 heterocycles. The number of carbonyl (C=O) groups excluding carboxylic acids is 3. The molecule has 103 heavy (non-hydrogen) atoms. The Balaban J connectivity index is 4.33. The summed E-state index contributed by atoms with van der Waals surface area (Å²) in [6.45, 7) is 2.54. The highest BCUT2D eigenvalue weighted by Gasteiger charge is 2.29. The zero-order valence-corrected chi connectivity index (χ0v) is 67.0. The summed E-state index contributed by atoms with van der Waals surface area (Å²) < 4.78 is 61.1. The minimum absolute atomic E-state index is 0.102. The number of ether oxygens (including phenoxy) is 3. The first-order valence-electron chi connectivity index (χ1n) is 41.2. The van der Waals surface area contributed by atoms with Gasteiger partial charge in [0.2, 0.25) is 0 Å². The van der Waals surface area contributed by atoms with Crippen LogP contribution in [0.25, 0.3) is 0 Å². The number of hydrogen-bond donors (Lipinski definition) is 4. The van der Waals surface area contributed by atoms with E-state index in [1.54, 1.807) is 0 Å². The van der Waals surface area contributed by atoms with E-state index in [9.17, 15) is 43.5 Å². The van der Waals surface area contributed by atoms with Gasteiger partial charge in [-0.25, -0.2) is 9.13 Å². The molecule has 4 N–H and O–H groups in total. The molecule has 16 nitrogen and oxygen atoms in total. The fourth-order valence-corrected chi connectivity index (χ4v) is 12.8. The van der Waals surface area contributed by atoms with Gasteiger partial charge in [0, 0.05) is 19.3 Å². The van der Waals surface area contributed by atoms with Gasteiger partial charge in [-0.15, -0.1) is 0 Å². The van der Waals surface area contributed by atoms with E-state index in [0.29, 0.717) is 19.3 Å². The summed E-state index contributed by atoms with van der Waals surface area (Å²) in [5, 5.41) is 20.6. The summed E-state index contributed by atoms with van der Waals surface area (Å²) in [6.07, 6.45) is 91.7. The number of phosphoric acid groups is 2. The van der Waals surface area contributed by atoms with Crippen LogP contribution in [0.1, 0.15) is 355 Å². The average Bonchev–Trinajstić information content (AvgIpc) is 0.911. The van der Waals surface area contributed by atoms with Crippen LogP contribution in [0.4, 0.5) is 0 Å². The van der Waals surface area contributed by atoms with Crippen LogP contribution in [0.15, 0.2) is 109 Å². The van der Waals surface area contributed by atoms with E-state index < -0.39 is 91.5 Å². The number of phosphoric ester groups is 2. The minimum atomic E-state index is -4.93. The number of allylic oxidation sites excluding steroid dienone is 18. The van der Waals surface area contributed by atoms with Crippen LogP contribution in [0.5, 0.6) is 0 Å². The van der Waals surface area contributed by atoms with Crippen LogP contribution >= 0.6 is 15.6 Å². The smallest absolute Gasteiger partial charge is 0.463 e. The predicted molar refractivity (Wildman–Crippen MR) is 427 cm³/mol. The van der Waals surface area contributed by atoms with Crippen LogP contribution in [0.2, 0.25) is 0 Å². The molecule has 0 saturated carbocycles. The molecule has 0 aliphatic heterocycles. The van der Waals surface area contributed by atoms with Crippen molar-refractivity contribution >= 4 is 33.6 Å². The van der Waals surface area contributed by atoms with Crippen molar-refractivity contribution in [1.82, 2.24) is 0 Å². The first kappa shape index (κ1) is 99.2. The highest BCUT2D eigenvalue weighted by Crippen LogP contribution is 2.45. The summed E-state index contributed by atoms with van der Waals surface area (Å²) in [4.78, 5) is 58.5. The number of unbranched alkanes of at least 4 members (excludes halogenated alkanes) is 37. The summed E-state index contributed by atoms with van der Waals surface area (Å²) in [5.41, 5.74) is 0. The van der Waals surface area contributed by atoms with Gasteiger partial charge in [-0.2, -0.15) is 0 Å². The number of aliphatic hydroxyl groups is 2. The first-order chi connectivity index (χ1) is 50.2. The Morgan fingerprint density at radius 3 is 0.835 bits per heavy atom. The second-order valence-electron chi connectivity index (χ2n) is 27.6. The summed E-state index contributed by atoms with van der Waals surface area (Å²) >= 11 is 0. The number of rotatable bonds is 78. The highest BCUT2D eigenvalue weighted by molar-refractivity contribution is 7.47. The molecule has 0 aromatic carbocycles. The van der Waals surface area contributed by atoms with Gasteiger partial charge in [0.05, 0.1) is 26.4 Å². The number of hydrogen-bond acceptors (Lipinski definition) is 14. The molecule has 0 aromatic heterocycles. The van der Waals surface area contributed by atoms with E-state index in [4.69, 9.17) is 32.3 Å². The molecule has 0 spiro atoms. The van der Waals surface area contributed by atoms with E-state index in [1.165, 1.54) is 167 Å². The van der Waals surface area contributed by atoms with Crippen LogP contribution in [0, 0.1) is 0 Å². The van der Waals surface area contributed by atoms with Gasteiger partial charge >= 0.3 is 33.6 Å². The predicted octanol–water partition coefficient (Wildman–Crippen LogP) is 24.3. The van der Waals surface area contributed by atoms with E-state index >= 15 is 0 Å². The molecule has 5 atom stereocenters. The highest BCUT2D eigenvalue weighted by atomic mass is 31.2. The summed E-state index contributed by atoms with van der Waals surface area (Å²) in [5.74, 6) is -1.58. The lowest BCUT2D eigenvalue weighted by molar-refractivity contribution is -0.161. The first-order valence-corrected chi connectivity index (χ1v) is 44.2. The minimum Gasteiger partial charge on any atom is -0.463 e. The van der Waals surface area contributed by atoms with Gasteiger partial charge < -0.3 is 34.2 Å². The molecule has 5 unspecified atom stereocenters. The van der Waals surface area contributed by atoms with E-state index in [1.807, 2.05) is 0 Å². The van der Waals surface area contributed by atoms with Gasteiger partial charge in [-0.1, -0.05) is 336 Å². The fourth-order valence-electron chi connectivity index (χ4n) is 11.2. The third kappa shape index (κ3) is 79.1. The van der Waals surface area contributed by atoms with Gasteiger partial charge in [0.25, 0.3) is 0 Å². The van der Waals surface area contributed by atoms with Crippen molar-refractivity contribution in [3.8, 4) is 0 Å². The molecule has 0 saturated heterocycles. The third-order valence-corrected chi connectivity index (χ3v) is 19.4. The Kier molecular flexibility index (Phi) is 74.9. The van der Waals surface area contributed by atoms with Crippen molar-refractivity contribution in [3.63, 3.8) is 0 Å². The molecule has 0 radical (unpaired) electrons. The van der Waals surface area contributed by atoms with Gasteiger partial charge in [0.1, 0.15) is 25.4 Å². The zero-order valence-electron chi connectivity index (χ0n) is 65.2. The number of esters is 3. The Labute approximate surface area is 628 Å². The number of carbonyl (C=O) groups is 3. The van der Waals surface area contributed by atoms with Gasteiger partial charge in [0.15, 0.2) is 6.10 Å². The average molecular weight is 1490 g/mol. The quantitative estimate of drug-likeness (QED) is 0.0146. The molecule has 0 aliphatic carbocycles. The lowest BCUT2D eigenvalue weighted by atomic mass is 10.0. The molecule has 0 aromatic rings. The molecule has 0 fully saturated rings. The maximum absolute atomic E-state index is 12.9. The standard InChI is InChI=1S/C85H150O16P2/c1-4-7-10-13-16-19-22-24-26-28-30-32-33-34-35-36-37-38-39-40-41-42-43-44-45-47-49-50-52-54-57-59-62-65-68-71-83(88)95-74-80(86)75-97-102(91,92)98-76-81(87)77-99-103(93,94)100-79-82(101-85(90)73-70-67-64-61-56-21-18-15-12-9-6-3)78-96-84(89)72-69-66-63-60-58-55-53-51-48-46-31-29-27-25-23-20-17-14-11-8-5-2/h8,11,16-17,19-20,24-27,30-32,34-35,46,51,53,80-82,86-87H,4-7,9-10,12-15,18,21-23,28-29,33,36-45,47-50,52,54-79H2,1-3H3,(H,91,92)(H,93,94)/b11-8-,19-16-,20-17-,26-24-,27-25-,32-30-,35-34-,46-31-,53-51-. The fraction of sp³-hybridized carbons (Fsp3) is 0.753. The summed E-state index contributed by atoms with van der Waals surface area (Å²) in [6, 6.07) is 0. The van der Waals surface area contributed by atoms with Gasteiger partial charge in [-0.05, 0) is 109 Å². The largest absolute Gasteiger partial charge is 0.472 e. The Morgan fingerprint density at radius 1 is 0.282 bits per heavy atom. The third-order valence-electron chi connectivity index (χ3n) is 17.5. The van der Waals surface area contributed by atoms with Crippen molar-refractivity contribution in [2.75, 3.05) is 39.6 Å². The maximum atomic E-state index is 12.9. The second-order valence-corrected chi connectivity index (χ2v) is 30.5. The van der Waals surface area contributed by atoms with Crippen molar-refractivity contribution in [2.45, 2.75) is 373 Å². The van der Waals surface area contributed by atoms with Crippen molar-refractivity contribution < 1.29 is 75.8 Å². The van der Waals surface area contributed by atoms with Crippen LogP contribution < -0.4 is 0 Å². The molecule has 18 heteroatoms. The lowest BCUT2D eigenvalue weighted by Gasteiger charge is -2.21. The van der Waals surface area contributed by atoms with Crippen molar-refractivity contribution in [3.05, 3.63) is 109 Å². The molecule has 0 rings (SSSR count). The second kappa shape index (κ2) is 77.8. The Hall–Kier alpha value is -3.79. The normalized spacial score (nSPS) is 14.5. The van der Waals surface area contributed by atoms with Crippen molar-refractivity contribution in [2.24, 2.45) is 0 Å². The zero-order chi connectivity index (χ0) is 75.2. The van der Waals surface area contributed by atoms with Crippen LogP contribution in [0.3, 0.4) is 0 Å². The summed E-state index contributed by atoms with van der Waals surface area (Å²) in [7, 11) is -9.78. The van der Waals surface area contributed by atoms with Crippen LogP contribution in [-0.4, -0.2) is 95.9 Å². The number of aliphatic hydroxyl groups excluding tert-OH is 2. The monoisotopic (exact) mass is 1490 g/mol. The van der Waals surface area contributed by atoms with Crippen molar-refractivity contribution in [1.29, 1.82) is 0 Å². The molecule has 0 aliphatic rings. The Bertz CT molecular complexity index is 2310. The van der Waals surface area contributed by atoms with E-state index in [2.05, 4.69) is 130 Å².